The van der Waals surface area contributed by atoms with Crippen LogP contribution in [0.1, 0.15) is 39.0 Å². The summed E-state index contributed by atoms with van der Waals surface area (Å²) in [6.07, 6.45) is 6.44. The van der Waals surface area contributed by atoms with Gasteiger partial charge in [0.05, 0.1) is 18.0 Å². The van der Waals surface area contributed by atoms with E-state index in [4.69, 9.17) is 9.84 Å². The van der Waals surface area contributed by atoms with Gasteiger partial charge in [0.25, 0.3) is 0 Å². The molecule has 4 nitrogen and oxygen atoms in total. The van der Waals surface area contributed by atoms with Gasteiger partial charge in [-0.1, -0.05) is 18.2 Å². The van der Waals surface area contributed by atoms with E-state index in [-0.39, 0.29) is 10.9 Å². The smallest absolute Gasteiger partial charge is 0.313 e. The molecule has 2 saturated heterocycles. The molecule has 2 aliphatic heterocycles. The zero-order valence-electron chi connectivity index (χ0n) is 12.5. The van der Waals surface area contributed by atoms with E-state index in [0.29, 0.717) is 24.0 Å². The quantitative estimate of drug-likeness (QED) is 0.655. The normalized spacial score (nSPS) is 30.7. The van der Waals surface area contributed by atoms with Crippen molar-refractivity contribution in [2.45, 2.75) is 51.2 Å². The Kier molecular flexibility index (Phi) is 6.89. The Morgan fingerprint density at radius 1 is 1.19 bits per heavy atom. The summed E-state index contributed by atoms with van der Waals surface area (Å²) >= 11 is 2.93. The maximum Gasteiger partial charge on any atom is 0.313 e. The zero-order chi connectivity index (χ0) is 15.2. The van der Waals surface area contributed by atoms with Crippen molar-refractivity contribution in [3.63, 3.8) is 0 Å². The maximum atomic E-state index is 11.2. The number of ether oxygens (including phenoxy) is 1. The molecular formula is C15H24O4S2. The Morgan fingerprint density at radius 3 is 2.57 bits per heavy atom. The summed E-state index contributed by atoms with van der Waals surface area (Å²) in [7, 11) is 0. The molecule has 21 heavy (non-hydrogen) atoms. The first-order valence-corrected chi connectivity index (χ1v) is 9.80. The second kappa shape index (κ2) is 8.44. The number of carboxylic acid groups (broad SMARTS) is 1. The van der Waals surface area contributed by atoms with E-state index in [1.54, 1.807) is 6.92 Å². The molecule has 0 amide bonds. The lowest BCUT2D eigenvalue weighted by atomic mass is 9.78. The van der Waals surface area contributed by atoms with Crippen LogP contribution in [0, 0.1) is 11.8 Å². The number of aliphatic carboxylic acids is 1. The summed E-state index contributed by atoms with van der Waals surface area (Å²) in [5, 5.41) is 8.78. The molecular weight excluding hydrogens is 308 g/mol. The zero-order valence-corrected chi connectivity index (χ0v) is 14.1. The first kappa shape index (κ1) is 17.2. The molecule has 2 heterocycles. The van der Waals surface area contributed by atoms with Gasteiger partial charge in [-0.05, 0) is 43.3 Å². The number of rotatable bonds is 9. The SMILES string of the molecule is CC(=O)SC[C@H]1[C@@H](CCCCSCC(=O)O)[C@H]2CC[C@@H]1O2. The van der Waals surface area contributed by atoms with Crippen LogP contribution in [-0.4, -0.2) is 45.7 Å². The molecule has 2 aliphatic rings. The highest BCUT2D eigenvalue weighted by Gasteiger charge is 2.48. The van der Waals surface area contributed by atoms with E-state index < -0.39 is 5.97 Å². The highest BCUT2D eigenvalue weighted by atomic mass is 32.2. The maximum absolute atomic E-state index is 11.2. The lowest BCUT2D eigenvalue weighted by Crippen LogP contribution is -2.29. The van der Waals surface area contributed by atoms with Gasteiger partial charge in [0.2, 0.25) is 0 Å². The topological polar surface area (TPSA) is 63.6 Å². The summed E-state index contributed by atoms with van der Waals surface area (Å²) in [5.41, 5.74) is 0. The van der Waals surface area contributed by atoms with E-state index in [1.807, 2.05) is 0 Å². The third-order valence-electron chi connectivity index (χ3n) is 4.37. The highest BCUT2D eigenvalue weighted by molar-refractivity contribution is 8.13. The summed E-state index contributed by atoms with van der Waals surface area (Å²) < 4.78 is 6.03. The van der Waals surface area contributed by atoms with Crippen molar-refractivity contribution in [3.05, 3.63) is 0 Å². The largest absolute Gasteiger partial charge is 0.481 e. The molecule has 2 rings (SSSR count). The predicted molar refractivity (Wildman–Crippen MR) is 86.8 cm³/mol. The van der Waals surface area contributed by atoms with Gasteiger partial charge in [-0.2, -0.15) is 11.8 Å². The van der Waals surface area contributed by atoms with Crippen LogP contribution in [0.2, 0.25) is 0 Å². The molecule has 0 aromatic carbocycles. The molecule has 2 fully saturated rings. The molecule has 4 atom stereocenters. The Bertz CT molecular complexity index is 375. The van der Waals surface area contributed by atoms with Crippen LogP contribution >= 0.6 is 23.5 Å². The minimum absolute atomic E-state index is 0.196. The van der Waals surface area contributed by atoms with Gasteiger partial charge in [0.1, 0.15) is 0 Å². The molecule has 2 bridgehead atoms. The van der Waals surface area contributed by atoms with Crippen LogP contribution in [0.4, 0.5) is 0 Å². The van der Waals surface area contributed by atoms with Crippen LogP contribution in [0.25, 0.3) is 0 Å². The highest BCUT2D eigenvalue weighted by Crippen LogP contribution is 2.46. The van der Waals surface area contributed by atoms with Gasteiger partial charge in [0, 0.05) is 12.7 Å². The minimum Gasteiger partial charge on any atom is -0.481 e. The molecule has 0 aromatic rings. The van der Waals surface area contributed by atoms with Crippen molar-refractivity contribution in [2.24, 2.45) is 11.8 Å². The van der Waals surface area contributed by atoms with E-state index in [2.05, 4.69) is 0 Å². The number of carbonyl (C=O) groups excluding carboxylic acids is 1. The first-order valence-electron chi connectivity index (χ1n) is 7.66. The summed E-state index contributed by atoms with van der Waals surface area (Å²) in [6, 6.07) is 0. The fourth-order valence-electron chi connectivity index (χ4n) is 3.46. The van der Waals surface area contributed by atoms with Crippen LogP contribution in [0.15, 0.2) is 0 Å². The van der Waals surface area contributed by atoms with Gasteiger partial charge in [-0.15, -0.1) is 0 Å². The molecule has 6 heteroatoms. The van der Waals surface area contributed by atoms with E-state index in [9.17, 15) is 9.59 Å². The number of carboxylic acids is 1. The average molecular weight is 332 g/mol. The fraction of sp³-hybridized carbons (Fsp3) is 0.867. The van der Waals surface area contributed by atoms with Crippen LogP contribution in [0.5, 0.6) is 0 Å². The fourth-order valence-corrected chi connectivity index (χ4v) is 5.07. The lowest BCUT2D eigenvalue weighted by Gasteiger charge is -2.27. The Balaban J connectivity index is 1.67. The van der Waals surface area contributed by atoms with Crippen molar-refractivity contribution < 1.29 is 19.4 Å². The number of unbranched alkanes of at least 4 members (excludes halogenated alkanes) is 1. The van der Waals surface area contributed by atoms with Crippen molar-refractivity contribution in [1.82, 2.24) is 0 Å². The Labute approximate surface area is 134 Å². The first-order chi connectivity index (χ1) is 10.1. The number of hydrogen-bond donors (Lipinski definition) is 1. The second-order valence-electron chi connectivity index (χ2n) is 5.86. The van der Waals surface area contributed by atoms with E-state index >= 15 is 0 Å². The minimum atomic E-state index is -0.733. The van der Waals surface area contributed by atoms with E-state index in [1.165, 1.54) is 29.9 Å². The van der Waals surface area contributed by atoms with Gasteiger partial charge in [-0.3, -0.25) is 9.59 Å². The lowest BCUT2D eigenvalue weighted by molar-refractivity contribution is -0.133. The molecule has 0 spiro atoms. The molecule has 0 aromatic heterocycles. The number of hydrogen-bond acceptors (Lipinski definition) is 5. The van der Waals surface area contributed by atoms with Crippen LogP contribution in [0.3, 0.4) is 0 Å². The van der Waals surface area contributed by atoms with Crippen LogP contribution in [-0.2, 0) is 14.3 Å². The molecule has 0 saturated carbocycles. The summed E-state index contributed by atoms with van der Waals surface area (Å²) in [5.74, 6) is 2.41. The molecule has 1 N–H and O–H groups in total. The number of fused-ring (bicyclic) bond motifs is 2. The number of thioether (sulfide) groups is 2. The van der Waals surface area contributed by atoms with Crippen molar-refractivity contribution in [2.75, 3.05) is 17.3 Å². The van der Waals surface area contributed by atoms with Crippen molar-refractivity contribution >= 4 is 34.6 Å². The van der Waals surface area contributed by atoms with Crippen molar-refractivity contribution in [3.8, 4) is 0 Å². The van der Waals surface area contributed by atoms with Crippen LogP contribution < -0.4 is 0 Å². The summed E-state index contributed by atoms with van der Waals surface area (Å²) in [6.45, 7) is 1.63. The summed E-state index contributed by atoms with van der Waals surface area (Å²) in [4.78, 5) is 21.6. The molecule has 0 aliphatic carbocycles. The van der Waals surface area contributed by atoms with Gasteiger partial charge < -0.3 is 9.84 Å². The average Bonchev–Trinajstić information content (AvgIpc) is 3.01. The molecule has 0 unspecified atom stereocenters. The van der Waals surface area contributed by atoms with Gasteiger partial charge in [-0.25, -0.2) is 0 Å². The van der Waals surface area contributed by atoms with Crippen molar-refractivity contribution in [1.29, 1.82) is 0 Å². The molecule has 0 radical (unpaired) electrons. The van der Waals surface area contributed by atoms with Gasteiger partial charge >= 0.3 is 5.97 Å². The second-order valence-corrected chi connectivity index (χ2v) is 8.16. The van der Waals surface area contributed by atoms with E-state index in [0.717, 1.165) is 37.2 Å². The Hall–Kier alpha value is -0.200. The third-order valence-corrected chi connectivity index (χ3v) is 6.36. The van der Waals surface area contributed by atoms with Gasteiger partial charge in [0.15, 0.2) is 5.12 Å². The molecule has 120 valence electrons. The number of carbonyl (C=O) groups is 2. The third kappa shape index (κ3) is 5.18. The predicted octanol–water partition coefficient (Wildman–Crippen LogP) is 3.05. The Morgan fingerprint density at radius 2 is 1.90 bits per heavy atom. The monoisotopic (exact) mass is 332 g/mol. The standard InChI is InChI=1S/C15H24O4S2/c1-10(16)21-8-12-11(13-5-6-14(12)19-13)4-2-3-7-20-9-15(17)18/h11-14H,2-9H2,1H3,(H,17,18)/t11-,12+,13-,14+/m1/s1.